The molecule has 1 amide bonds. The van der Waals surface area contributed by atoms with Crippen LogP contribution in [0, 0.1) is 0 Å². The lowest BCUT2D eigenvalue weighted by Gasteiger charge is -2.07. The Bertz CT molecular complexity index is 642. The molecular formula is C15H13ClN2O2. The van der Waals surface area contributed by atoms with Gasteiger partial charge in [0, 0.05) is 11.3 Å². The molecule has 0 atom stereocenters. The second-order valence-electron chi connectivity index (χ2n) is 4.25. The van der Waals surface area contributed by atoms with Crippen LogP contribution in [0.25, 0.3) is 0 Å². The predicted octanol–water partition coefficient (Wildman–Crippen LogP) is 3.13. The van der Waals surface area contributed by atoms with Crippen molar-refractivity contribution in [2.45, 2.75) is 6.42 Å². The fraction of sp³-hybridized carbons (Fsp3) is 0.0667. The summed E-state index contributed by atoms with van der Waals surface area (Å²) in [5.74, 6) is -0.672. The average molecular weight is 289 g/mol. The minimum absolute atomic E-state index is 0.241. The smallest absolute Gasteiger partial charge is 0.232 e. The number of Topliss-reactive ketones (excluding diaryl/α,β-unsaturated/α-hetero) is 1. The summed E-state index contributed by atoms with van der Waals surface area (Å²) in [5.41, 5.74) is 7.01. The van der Waals surface area contributed by atoms with E-state index in [0.29, 0.717) is 22.0 Å². The molecule has 0 radical (unpaired) electrons. The van der Waals surface area contributed by atoms with E-state index in [0.717, 1.165) is 0 Å². The number of carbonyl (C=O) groups is 2. The van der Waals surface area contributed by atoms with Crippen LogP contribution < -0.4 is 11.1 Å². The summed E-state index contributed by atoms with van der Waals surface area (Å²) in [6.07, 6.45) is -0.241. The molecule has 0 heterocycles. The topological polar surface area (TPSA) is 72.2 Å². The number of benzene rings is 2. The van der Waals surface area contributed by atoms with Gasteiger partial charge in [-0.3, -0.25) is 9.59 Å². The second-order valence-corrected chi connectivity index (χ2v) is 4.66. The molecule has 0 aliphatic rings. The summed E-state index contributed by atoms with van der Waals surface area (Å²) in [7, 11) is 0. The highest BCUT2D eigenvalue weighted by molar-refractivity contribution is 6.34. The molecule has 0 fully saturated rings. The van der Waals surface area contributed by atoms with Crippen LogP contribution in [0.15, 0.2) is 48.5 Å². The highest BCUT2D eigenvalue weighted by atomic mass is 35.5. The third-order valence-electron chi connectivity index (χ3n) is 2.68. The second kappa shape index (κ2) is 6.21. The van der Waals surface area contributed by atoms with Gasteiger partial charge >= 0.3 is 0 Å². The number of rotatable bonds is 4. The molecule has 3 N–H and O–H groups in total. The Hall–Kier alpha value is -2.33. The van der Waals surface area contributed by atoms with Crippen LogP contribution >= 0.6 is 11.6 Å². The van der Waals surface area contributed by atoms with Gasteiger partial charge in [-0.2, -0.15) is 0 Å². The standard InChI is InChI=1S/C15H13ClN2O2/c16-12-7-6-11(17)8-13(12)18-15(20)9-14(19)10-4-2-1-3-5-10/h1-8H,9,17H2,(H,18,20). The van der Waals surface area contributed by atoms with Crippen molar-refractivity contribution in [3.63, 3.8) is 0 Å². The number of amides is 1. The van der Waals surface area contributed by atoms with Crippen molar-refractivity contribution >= 4 is 34.7 Å². The van der Waals surface area contributed by atoms with Gasteiger partial charge in [0.05, 0.1) is 17.1 Å². The molecule has 0 aliphatic heterocycles. The third-order valence-corrected chi connectivity index (χ3v) is 3.01. The van der Waals surface area contributed by atoms with Crippen LogP contribution in [0.3, 0.4) is 0 Å². The summed E-state index contributed by atoms with van der Waals surface area (Å²) in [6.45, 7) is 0. The van der Waals surface area contributed by atoms with E-state index in [-0.39, 0.29) is 12.2 Å². The first-order valence-corrected chi connectivity index (χ1v) is 6.37. The van der Waals surface area contributed by atoms with E-state index >= 15 is 0 Å². The number of nitrogens with two attached hydrogens (primary N) is 1. The van der Waals surface area contributed by atoms with Gasteiger partial charge in [-0.1, -0.05) is 41.9 Å². The molecule has 5 heteroatoms. The van der Waals surface area contributed by atoms with E-state index in [9.17, 15) is 9.59 Å². The van der Waals surface area contributed by atoms with Gasteiger partial charge in [0.15, 0.2) is 5.78 Å². The van der Waals surface area contributed by atoms with Crippen LogP contribution in [0.4, 0.5) is 11.4 Å². The molecular weight excluding hydrogens is 276 g/mol. The summed E-state index contributed by atoms with van der Waals surface area (Å²) in [4.78, 5) is 23.7. The average Bonchev–Trinajstić information content (AvgIpc) is 2.43. The maximum absolute atomic E-state index is 11.9. The van der Waals surface area contributed by atoms with E-state index in [1.807, 2.05) is 6.07 Å². The van der Waals surface area contributed by atoms with Crippen LogP contribution in [0.5, 0.6) is 0 Å². The molecule has 2 aromatic carbocycles. The normalized spacial score (nSPS) is 10.1. The first-order valence-electron chi connectivity index (χ1n) is 5.99. The predicted molar refractivity (Wildman–Crippen MR) is 79.9 cm³/mol. The SMILES string of the molecule is Nc1ccc(Cl)c(NC(=O)CC(=O)c2ccccc2)c1. The van der Waals surface area contributed by atoms with Crippen molar-refractivity contribution in [1.29, 1.82) is 0 Å². The van der Waals surface area contributed by atoms with Crippen molar-refractivity contribution in [3.05, 3.63) is 59.1 Å². The molecule has 0 saturated heterocycles. The lowest BCUT2D eigenvalue weighted by atomic mass is 10.1. The molecule has 0 aromatic heterocycles. The van der Waals surface area contributed by atoms with Crippen molar-refractivity contribution in [3.8, 4) is 0 Å². The van der Waals surface area contributed by atoms with Crippen molar-refractivity contribution in [2.75, 3.05) is 11.1 Å². The zero-order valence-electron chi connectivity index (χ0n) is 10.6. The van der Waals surface area contributed by atoms with E-state index in [1.54, 1.807) is 42.5 Å². The Morgan fingerprint density at radius 2 is 1.80 bits per heavy atom. The van der Waals surface area contributed by atoms with Gasteiger partial charge in [-0.25, -0.2) is 0 Å². The van der Waals surface area contributed by atoms with Crippen molar-refractivity contribution in [2.24, 2.45) is 0 Å². The van der Waals surface area contributed by atoms with Gasteiger partial charge < -0.3 is 11.1 Å². The van der Waals surface area contributed by atoms with E-state index in [4.69, 9.17) is 17.3 Å². The number of hydrogen-bond donors (Lipinski definition) is 2. The summed E-state index contributed by atoms with van der Waals surface area (Å²) >= 11 is 5.94. The molecule has 0 spiro atoms. The molecule has 0 bridgehead atoms. The fourth-order valence-corrected chi connectivity index (χ4v) is 1.87. The van der Waals surface area contributed by atoms with Crippen molar-refractivity contribution < 1.29 is 9.59 Å². The minimum Gasteiger partial charge on any atom is -0.399 e. The zero-order chi connectivity index (χ0) is 14.5. The van der Waals surface area contributed by atoms with E-state index < -0.39 is 5.91 Å². The summed E-state index contributed by atoms with van der Waals surface area (Å²) < 4.78 is 0. The molecule has 0 unspecified atom stereocenters. The summed E-state index contributed by atoms with van der Waals surface area (Å²) in [5, 5.41) is 2.95. The highest BCUT2D eigenvalue weighted by Crippen LogP contribution is 2.24. The monoisotopic (exact) mass is 288 g/mol. The van der Waals surface area contributed by atoms with Gasteiger partial charge in [0.1, 0.15) is 0 Å². The molecule has 102 valence electrons. The molecule has 20 heavy (non-hydrogen) atoms. The number of anilines is 2. The third kappa shape index (κ3) is 3.59. The Morgan fingerprint density at radius 1 is 1.10 bits per heavy atom. The number of hydrogen-bond acceptors (Lipinski definition) is 3. The Labute approximate surface area is 121 Å². The highest BCUT2D eigenvalue weighted by Gasteiger charge is 2.12. The maximum atomic E-state index is 11.9. The zero-order valence-corrected chi connectivity index (χ0v) is 11.4. The lowest BCUT2D eigenvalue weighted by Crippen LogP contribution is -2.16. The number of nitrogen functional groups attached to an aromatic ring is 1. The van der Waals surface area contributed by atoms with Crippen LogP contribution in [0.1, 0.15) is 16.8 Å². The van der Waals surface area contributed by atoms with Gasteiger partial charge in [0.2, 0.25) is 5.91 Å². The number of halogens is 1. The first kappa shape index (κ1) is 14.1. The van der Waals surface area contributed by atoms with E-state index in [1.165, 1.54) is 0 Å². The molecule has 2 rings (SSSR count). The Morgan fingerprint density at radius 3 is 2.50 bits per heavy atom. The Kier molecular flexibility index (Phi) is 4.38. The Balaban J connectivity index is 2.03. The molecule has 0 aliphatic carbocycles. The molecule has 4 nitrogen and oxygen atoms in total. The first-order chi connectivity index (χ1) is 9.56. The quantitative estimate of drug-likeness (QED) is 0.516. The minimum atomic E-state index is -0.425. The fourth-order valence-electron chi connectivity index (χ4n) is 1.71. The van der Waals surface area contributed by atoms with Crippen LogP contribution in [-0.2, 0) is 4.79 Å². The van der Waals surface area contributed by atoms with Crippen molar-refractivity contribution in [1.82, 2.24) is 0 Å². The maximum Gasteiger partial charge on any atom is 0.232 e. The number of ketones is 1. The van der Waals surface area contributed by atoms with Crippen LogP contribution in [0.2, 0.25) is 5.02 Å². The van der Waals surface area contributed by atoms with E-state index in [2.05, 4.69) is 5.32 Å². The molecule has 2 aromatic rings. The number of nitrogens with one attached hydrogen (secondary N) is 1. The van der Waals surface area contributed by atoms with Crippen LogP contribution in [-0.4, -0.2) is 11.7 Å². The largest absolute Gasteiger partial charge is 0.399 e. The number of carbonyl (C=O) groups excluding carboxylic acids is 2. The molecule has 0 saturated carbocycles. The summed E-state index contributed by atoms with van der Waals surface area (Å²) in [6, 6.07) is 13.4. The lowest BCUT2D eigenvalue weighted by molar-refractivity contribution is -0.115. The van der Waals surface area contributed by atoms with Gasteiger partial charge in [-0.15, -0.1) is 0 Å². The van der Waals surface area contributed by atoms with Gasteiger partial charge in [0.25, 0.3) is 0 Å². The van der Waals surface area contributed by atoms with Gasteiger partial charge in [-0.05, 0) is 18.2 Å².